The summed E-state index contributed by atoms with van der Waals surface area (Å²) >= 11 is 0. The molecule has 0 saturated carbocycles. The van der Waals surface area contributed by atoms with Gasteiger partial charge in [0.25, 0.3) is 0 Å². The third kappa shape index (κ3) is 4.05. The Balaban J connectivity index is 1.39. The van der Waals surface area contributed by atoms with Gasteiger partial charge < -0.3 is 14.9 Å². The number of likely N-dealkylation sites (N-methyl/N-ethyl adjacent to an activating group) is 1. The molecule has 3 aliphatic heterocycles. The van der Waals surface area contributed by atoms with E-state index in [1.165, 1.54) is 19.3 Å². The lowest BCUT2D eigenvalue weighted by Crippen LogP contribution is -2.58. The summed E-state index contributed by atoms with van der Waals surface area (Å²) in [7, 11) is 1.80. The maximum Gasteiger partial charge on any atom is 0.236 e. The van der Waals surface area contributed by atoms with Gasteiger partial charge in [0.2, 0.25) is 11.8 Å². The fourth-order valence-corrected chi connectivity index (χ4v) is 5.46. The van der Waals surface area contributed by atoms with Crippen molar-refractivity contribution < 1.29 is 14.7 Å². The number of likely N-dealkylation sites (tertiary alicyclic amines) is 3. The van der Waals surface area contributed by atoms with Gasteiger partial charge in [-0.1, -0.05) is 36.8 Å². The van der Waals surface area contributed by atoms with E-state index < -0.39 is 11.5 Å². The lowest BCUT2D eigenvalue weighted by molar-refractivity contribution is -0.163. The van der Waals surface area contributed by atoms with Crippen LogP contribution in [0.5, 0.6) is 0 Å². The number of piperidine rings is 3. The molecule has 0 aromatic heterocycles. The Hall–Kier alpha value is -1.92. The standard InChI is InChI=1S/C23H33N3O3/c1-24-21(18-8-4-2-5-9-18)19(27)16-23(22(24)29)10-14-26(15-11-23)20(28)17-25-12-6-3-7-13-25/h2,4-5,8-9,19,21,27H,3,6-7,10-17H2,1H3/t19-,21+/m1/s1. The summed E-state index contributed by atoms with van der Waals surface area (Å²) in [5.41, 5.74) is 0.432. The van der Waals surface area contributed by atoms with Crippen LogP contribution >= 0.6 is 0 Å². The molecule has 3 heterocycles. The summed E-state index contributed by atoms with van der Waals surface area (Å²) in [4.78, 5) is 32.0. The van der Waals surface area contributed by atoms with Gasteiger partial charge >= 0.3 is 0 Å². The predicted octanol–water partition coefficient (Wildman–Crippen LogP) is 2.05. The van der Waals surface area contributed by atoms with Crippen molar-refractivity contribution >= 4 is 11.8 Å². The molecule has 6 nitrogen and oxygen atoms in total. The highest BCUT2D eigenvalue weighted by molar-refractivity contribution is 5.85. The van der Waals surface area contributed by atoms with Crippen LogP contribution in [-0.4, -0.2) is 77.5 Å². The monoisotopic (exact) mass is 399 g/mol. The van der Waals surface area contributed by atoms with Gasteiger partial charge in [-0.2, -0.15) is 0 Å². The van der Waals surface area contributed by atoms with Gasteiger partial charge in [-0.3, -0.25) is 14.5 Å². The van der Waals surface area contributed by atoms with Gasteiger partial charge in [-0.05, 0) is 50.8 Å². The molecule has 0 bridgehead atoms. The van der Waals surface area contributed by atoms with Crippen LogP contribution in [0.25, 0.3) is 0 Å². The average molecular weight is 400 g/mol. The molecule has 2 amide bonds. The van der Waals surface area contributed by atoms with Crippen molar-refractivity contribution in [3.05, 3.63) is 35.9 Å². The fourth-order valence-electron chi connectivity index (χ4n) is 5.46. The quantitative estimate of drug-likeness (QED) is 0.845. The van der Waals surface area contributed by atoms with Crippen molar-refractivity contribution in [1.82, 2.24) is 14.7 Å². The number of aliphatic hydroxyl groups is 1. The molecular weight excluding hydrogens is 366 g/mol. The molecule has 3 aliphatic rings. The number of hydrogen-bond acceptors (Lipinski definition) is 4. The molecular formula is C23H33N3O3. The van der Waals surface area contributed by atoms with Crippen molar-refractivity contribution in [2.75, 3.05) is 39.8 Å². The van der Waals surface area contributed by atoms with Gasteiger partial charge in [0.05, 0.1) is 24.1 Å². The van der Waals surface area contributed by atoms with E-state index >= 15 is 0 Å². The minimum atomic E-state index is -0.587. The Morgan fingerprint density at radius 1 is 1.07 bits per heavy atom. The number of hydrogen-bond donors (Lipinski definition) is 1. The Morgan fingerprint density at radius 2 is 1.72 bits per heavy atom. The Morgan fingerprint density at radius 3 is 2.38 bits per heavy atom. The number of benzene rings is 1. The van der Waals surface area contributed by atoms with Gasteiger partial charge in [-0.25, -0.2) is 0 Å². The highest BCUT2D eigenvalue weighted by atomic mass is 16.3. The van der Waals surface area contributed by atoms with E-state index in [4.69, 9.17) is 0 Å². The highest BCUT2D eigenvalue weighted by Gasteiger charge is 2.51. The zero-order chi connectivity index (χ0) is 20.4. The zero-order valence-electron chi connectivity index (χ0n) is 17.4. The lowest BCUT2D eigenvalue weighted by atomic mass is 9.68. The van der Waals surface area contributed by atoms with Crippen LogP contribution in [0.4, 0.5) is 0 Å². The molecule has 4 rings (SSSR count). The first-order valence-corrected chi connectivity index (χ1v) is 11.0. The topological polar surface area (TPSA) is 64.1 Å². The number of rotatable bonds is 3. The molecule has 0 radical (unpaired) electrons. The van der Waals surface area contributed by atoms with Crippen LogP contribution in [0.15, 0.2) is 30.3 Å². The van der Waals surface area contributed by atoms with Crippen molar-refractivity contribution in [3.8, 4) is 0 Å². The van der Waals surface area contributed by atoms with Crippen molar-refractivity contribution in [2.24, 2.45) is 5.41 Å². The molecule has 1 aromatic carbocycles. The second kappa shape index (κ2) is 8.44. The van der Waals surface area contributed by atoms with Crippen LogP contribution in [0.3, 0.4) is 0 Å². The van der Waals surface area contributed by atoms with Gasteiger partial charge in [0.1, 0.15) is 0 Å². The lowest BCUT2D eigenvalue weighted by Gasteiger charge is -2.50. The van der Waals surface area contributed by atoms with Crippen molar-refractivity contribution in [2.45, 2.75) is 50.7 Å². The molecule has 0 unspecified atom stereocenters. The predicted molar refractivity (Wildman–Crippen MR) is 111 cm³/mol. The summed E-state index contributed by atoms with van der Waals surface area (Å²) < 4.78 is 0. The Labute approximate surface area is 173 Å². The van der Waals surface area contributed by atoms with Crippen LogP contribution in [0.2, 0.25) is 0 Å². The molecule has 1 aromatic rings. The van der Waals surface area contributed by atoms with Crippen LogP contribution in [0.1, 0.15) is 50.1 Å². The second-order valence-corrected chi connectivity index (χ2v) is 9.04. The van der Waals surface area contributed by atoms with Gasteiger partial charge in [0.15, 0.2) is 0 Å². The first kappa shape index (κ1) is 20.4. The summed E-state index contributed by atoms with van der Waals surface area (Å²) in [5, 5.41) is 10.9. The van der Waals surface area contributed by atoms with Gasteiger partial charge in [0, 0.05) is 20.1 Å². The number of carbonyl (C=O) groups is 2. The fraction of sp³-hybridized carbons (Fsp3) is 0.652. The van der Waals surface area contributed by atoms with E-state index in [0.717, 1.165) is 18.7 Å². The third-order valence-corrected chi connectivity index (χ3v) is 7.18. The molecule has 3 fully saturated rings. The van der Waals surface area contributed by atoms with E-state index in [-0.39, 0.29) is 17.9 Å². The number of aliphatic hydroxyl groups excluding tert-OH is 1. The number of amides is 2. The molecule has 158 valence electrons. The van der Waals surface area contributed by atoms with Crippen LogP contribution in [-0.2, 0) is 9.59 Å². The van der Waals surface area contributed by atoms with E-state index in [9.17, 15) is 14.7 Å². The summed E-state index contributed by atoms with van der Waals surface area (Å²) in [6.07, 6.45) is 4.79. The molecule has 1 N–H and O–H groups in total. The van der Waals surface area contributed by atoms with Crippen molar-refractivity contribution in [1.29, 1.82) is 0 Å². The normalized spacial score (nSPS) is 28.0. The molecule has 1 spiro atoms. The number of nitrogens with zero attached hydrogens (tertiary/aromatic N) is 3. The smallest absolute Gasteiger partial charge is 0.236 e. The molecule has 29 heavy (non-hydrogen) atoms. The highest BCUT2D eigenvalue weighted by Crippen LogP contribution is 2.46. The van der Waals surface area contributed by atoms with E-state index in [1.54, 1.807) is 11.9 Å². The average Bonchev–Trinajstić information content (AvgIpc) is 2.74. The minimum Gasteiger partial charge on any atom is -0.391 e. The van der Waals surface area contributed by atoms with Crippen LogP contribution in [0, 0.1) is 5.41 Å². The first-order valence-electron chi connectivity index (χ1n) is 11.0. The SMILES string of the molecule is CN1C(=O)C2(CCN(C(=O)CN3CCCCC3)CC2)C[C@@H](O)[C@@H]1c1ccccc1. The largest absolute Gasteiger partial charge is 0.391 e. The third-order valence-electron chi connectivity index (χ3n) is 7.18. The van der Waals surface area contributed by atoms with Crippen molar-refractivity contribution in [3.63, 3.8) is 0 Å². The Kier molecular flexibility index (Phi) is 5.93. The molecule has 6 heteroatoms. The van der Waals surface area contributed by atoms with E-state index in [2.05, 4.69) is 4.90 Å². The number of carbonyl (C=O) groups excluding carboxylic acids is 2. The summed E-state index contributed by atoms with van der Waals surface area (Å²) in [5.74, 6) is 0.292. The second-order valence-electron chi connectivity index (χ2n) is 9.04. The van der Waals surface area contributed by atoms with Crippen LogP contribution < -0.4 is 0 Å². The maximum absolute atomic E-state index is 13.3. The first-order chi connectivity index (χ1) is 14.0. The summed E-state index contributed by atoms with van der Waals surface area (Å²) in [6, 6.07) is 9.47. The zero-order valence-corrected chi connectivity index (χ0v) is 17.4. The maximum atomic E-state index is 13.3. The van der Waals surface area contributed by atoms with E-state index in [1.807, 2.05) is 35.2 Å². The summed E-state index contributed by atoms with van der Waals surface area (Å²) in [6.45, 7) is 3.74. The molecule has 2 atom stereocenters. The minimum absolute atomic E-state index is 0.111. The van der Waals surface area contributed by atoms with Gasteiger partial charge in [-0.15, -0.1) is 0 Å². The molecule has 0 aliphatic carbocycles. The van der Waals surface area contributed by atoms with E-state index in [0.29, 0.717) is 38.9 Å². The molecule has 3 saturated heterocycles. The Bertz CT molecular complexity index is 724.